The molecule has 0 aliphatic heterocycles. The topological polar surface area (TPSA) is 124 Å². The number of benzene rings is 1. The van der Waals surface area contributed by atoms with Crippen molar-refractivity contribution in [1.82, 2.24) is 10.1 Å². The maximum atomic E-state index is 12.1. The summed E-state index contributed by atoms with van der Waals surface area (Å²) in [6, 6.07) is 2.98. The van der Waals surface area contributed by atoms with Gasteiger partial charge in [0.2, 0.25) is 0 Å². The van der Waals surface area contributed by atoms with Crippen LogP contribution in [0.3, 0.4) is 0 Å². The molecule has 1 amide bonds. The number of carbonyl (C=O) groups is 1. The summed E-state index contributed by atoms with van der Waals surface area (Å²) in [7, 11) is 0. The van der Waals surface area contributed by atoms with Gasteiger partial charge in [0.1, 0.15) is 5.52 Å². The molecule has 2 aromatic rings. The van der Waals surface area contributed by atoms with Crippen molar-refractivity contribution >= 4 is 28.6 Å². The molecule has 9 nitrogen and oxygen atoms in total. The van der Waals surface area contributed by atoms with E-state index in [1.807, 2.05) is 5.10 Å². The fourth-order valence-corrected chi connectivity index (χ4v) is 1.42. The van der Waals surface area contributed by atoms with Crippen LogP contribution in [0.4, 0.5) is 24.8 Å². The van der Waals surface area contributed by atoms with Gasteiger partial charge in [-0.2, -0.15) is 13.2 Å². The van der Waals surface area contributed by atoms with Crippen LogP contribution in [0.5, 0.6) is 0 Å². The summed E-state index contributed by atoms with van der Waals surface area (Å²) in [5, 5.41) is 13.7. The summed E-state index contributed by atoms with van der Waals surface area (Å²) >= 11 is 0. The number of aromatic nitrogens is 3. The highest BCUT2D eigenvalue weighted by molar-refractivity contribution is 5.93. The van der Waals surface area contributed by atoms with Crippen molar-refractivity contribution in [2.24, 2.45) is 0 Å². The second kappa shape index (κ2) is 4.81. The van der Waals surface area contributed by atoms with Crippen molar-refractivity contribution in [3.05, 3.63) is 33.2 Å². The predicted octanol–water partition coefficient (Wildman–Crippen LogP) is 0.886. The van der Waals surface area contributed by atoms with Crippen molar-refractivity contribution in [3.63, 3.8) is 0 Å². The quantitative estimate of drug-likeness (QED) is 0.484. The minimum atomic E-state index is -5.15. The lowest BCUT2D eigenvalue weighted by atomic mass is 10.3. The van der Waals surface area contributed by atoms with Gasteiger partial charge in [-0.3, -0.25) is 20.2 Å². The van der Waals surface area contributed by atoms with Gasteiger partial charge in [-0.25, -0.2) is 4.98 Å². The first-order chi connectivity index (χ1) is 9.68. The fourth-order valence-electron chi connectivity index (χ4n) is 1.42. The Morgan fingerprint density at radius 2 is 2.10 bits per heavy atom. The van der Waals surface area contributed by atoms with Crippen LogP contribution in [0.2, 0.25) is 0 Å². The van der Waals surface area contributed by atoms with E-state index < -0.39 is 28.6 Å². The van der Waals surface area contributed by atoms with Crippen LogP contribution in [0.25, 0.3) is 11.0 Å². The molecule has 0 unspecified atom stereocenters. The smallest absolute Gasteiger partial charge is 0.284 e. The number of nitro groups is 1. The summed E-state index contributed by atoms with van der Waals surface area (Å²) in [6.07, 6.45) is -5.15. The molecule has 0 fully saturated rings. The van der Waals surface area contributed by atoms with Crippen LogP contribution in [0, 0.1) is 15.0 Å². The third kappa shape index (κ3) is 2.93. The number of fused-ring (bicyclic) bond motifs is 1. The third-order valence-electron chi connectivity index (χ3n) is 2.32. The van der Waals surface area contributed by atoms with E-state index in [1.165, 1.54) is 5.32 Å². The summed E-state index contributed by atoms with van der Waals surface area (Å²) in [5.41, 5.74) is -0.796. The summed E-state index contributed by atoms with van der Waals surface area (Å²) in [5.74, 6) is -3.05. The lowest BCUT2D eigenvalue weighted by Gasteiger charge is -2.04. The monoisotopic (exact) mass is 304 g/mol. The van der Waals surface area contributed by atoms with Crippen LogP contribution in [0.1, 0.15) is 0 Å². The number of nitro benzene ring substituents is 1. The zero-order chi connectivity index (χ0) is 15.8. The Kier molecular flexibility index (Phi) is 3.29. The molecule has 0 bridgehead atoms. The van der Waals surface area contributed by atoms with Crippen molar-refractivity contribution in [2.45, 2.75) is 6.18 Å². The number of rotatable bonds is 2. The maximum absolute atomic E-state index is 12.1. The van der Waals surface area contributed by atoms with E-state index in [0.29, 0.717) is 0 Å². The molecular formula is C9H5F3N5O4+. The average molecular weight is 304 g/mol. The Balaban J connectivity index is 2.47. The molecule has 2 N–H and O–H groups in total. The highest BCUT2D eigenvalue weighted by Gasteiger charge is 2.39. The number of anilines is 1. The van der Waals surface area contributed by atoms with Gasteiger partial charge in [-0.1, -0.05) is 5.10 Å². The van der Waals surface area contributed by atoms with E-state index in [-0.39, 0.29) is 15.6 Å². The zero-order valence-electron chi connectivity index (χ0n) is 9.84. The molecule has 0 radical (unpaired) electrons. The molecule has 0 atom stereocenters. The first-order valence-electron chi connectivity index (χ1n) is 5.17. The molecular weight excluding hydrogens is 299 g/mol. The summed E-state index contributed by atoms with van der Waals surface area (Å²) < 4.78 is 36.2. The van der Waals surface area contributed by atoms with Gasteiger partial charge in [-0.15, -0.1) is 0 Å². The van der Waals surface area contributed by atoms with Gasteiger partial charge < -0.3 is 0 Å². The van der Waals surface area contributed by atoms with E-state index in [0.717, 1.165) is 18.2 Å². The van der Waals surface area contributed by atoms with Crippen LogP contribution < -0.4 is 9.86 Å². The molecule has 1 aromatic carbocycles. The number of carbonyl (C=O) groups excluding carboxylic acids is 1. The van der Waals surface area contributed by atoms with E-state index in [9.17, 15) is 33.0 Å². The van der Waals surface area contributed by atoms with Crippen LogP contribution in [-0.2, 0) is 4.79 Å². The van der Waals surface area contributed by atoms with E-state index in [1.54, 1.807) is 0 Å². The Morgan fingerprint density at radius 1 is 1.43 bits per heavy atom. The highest BCUT2D eigenvalue weighted by atomic mass is 19.4. The van der Waals surface area contributed by atoms with Crippen molar-refractivity contribution in [1.29, 1.82) is 0 Å². The van der Waals surface area contributed by atoms with Crippen molar-refractivity contribution < 1.29 is 27.4 Å². The average Bonchev–Trinajstić information content (AvgIpc) is 2.37. The number of amides is 1. The molecule has 12 heteroatoms. The Bertz CT molecular complexity index is 800. The van der Waals surface area contributed by atoms with E-state index in [2.05, 4.69) is 4.98 Å². The largest absolute Gasteiger partial charge is 0.471 e. The molecule has 0 saturated carbocycles. The molecule has 0 aliphatic rings. The number of nitrogens with zero attached hydrogens (tertiary/aromatic N) is 3. The SMILES string of the molecule is O=C(Nc1nc2ccc([N+](=O)[O-])cc2[n+](=O)[nH]1)C(F)(F)F. The van der Waals surface area contributed by atoms with Crippen molar-refractivity contribution in [2.75, 3.05) is 5.32 Å². The van der Waals surface area contributed by atoms with Gasteiger partial charge in [0.25, 0.3) is 11.6 Å². The van der Waals surface area contributed by atoms with Gasteiger partial charge in [0, 0.05) is 6.07 Å². The Morgan fingerprint density at radius 3 is 2.67 bits per heavy atom. The molecule has 110 valence electrons. The lowest BCUT2D eigenvalue weighted by molar-refractivity contribution is -0.535. The van der Waals surface area contributed by atoms with Gasteiger partial charge >= 0.3 is 17.6 Å². The van der Waals surface area contributed by atoms with Crippen LogP contribution >= 0.6 is 0 Å². The summed E-state index contributed by atoms with van der Waals surface area (Å²) in [6.45, 7) is 0. The Hall–Kier alpha value is -3.05. The number of hydrogen-bond acceptors (Lipinski definition) is 5. The lowest BCUT2D eigenvalue weighted by Crippen LogP contribution is -2.33. The predicted molar refractivity (Wildman–Crippen MR) is 60.8 cm³/mol. The number of H-pyrrole nitrogens is 1. The third-order valence-corrected chi connectivity index (χ3v) is 2.32. The van der Waals surface area contributed by atoms with Crippen LogP contribution in [-0.4, -0.2) is 27.1 Å². The Labute approximate surface area is 112 Å². The molecule has 0 spiro atoms. The van der Waals surface area contributed by atoms with Crippen LogP contribution in [0.15, 0.2) is 18.2 Å². The zero-order valence-corrected chi connectivity index (χ0v) is 9.84. The minimum Gasteiger partial charge on any atom is -0.284 e. The number of aromatic amines is 1. The minimum absolute atomic E-state index is 0.0404. The number of halogens is 3. The highest BCUT2D eigenvalue weighted by Crippen LogP contribution is 2.18. The molecule has 21 heavy (non-hydrogen) atoms. The fraction of sp³-hybridized carbons (Fsp3) is 0.111. The molecule has 2 rings (SSSR count). The molecule has 1 aromatic heterocycles. The standard InChI is InChI=1S/C9H4F3N5O4/c10-9(11,12)7(18)14-8-13-5-2-1-4(17(20)21)3-6(5)16(19)15-8/h1-3H,(H-,13,14,15,18,19)/p+1. The van der Waals surface area contributed by atoms with Crippen molar-refractivity contribution in [3.8, 4) is 0 Å². The number of alkyl halides is 3. The maximum Gasteiger partial charge on any atom is 0.471 e. The normalized spacial score (nSPS) is 11.4. The van der Waals surface area contributed by atoms with Gasteiger partial charge in [0.15, 0.2) is 4.54 Å². The van der Waals surface area contributed by atoms with E-state index >= 15 is 0 Å². The number of hydrogen-bond donors (Lipinski definition) is 2. The first kappa shape index (κ1) is 14.4. The number of non-ortho nitro benzene ring substituents is 1. The second-order valence-corrected chi connectivity index (χ2v) is 3.75. The molecule has 1 heterocycles. The van der Waals surface area contributed by atoms with Gasteiger partial charge in [-0.05, 0) is 6.07 Å². The number of nitrogens with one attached hydrogen (secondary N) is 2. The van der Waals surface area contributed by atoms with Gasteiger partial charge in [0.05, 0.1) is 15.9 Å². The second-order valence-electron chi connectivity index (χ2n) is 3.75. The first-order valence-corrected chi connectivity index (χ1v) is 5.17. The molecule has 0 saturated heterocycles. The summed E-state index contributed by atoms with van der Waals surface area (Å²) in [4.78, 5) is 35.7. The molecule has 0 aliphatic carbocycles. The van der Waals surface area contributed by atoms with E-state index in [4.69, 9.17) is 0 Å².